The van der Waals surface area contributed by atoms with E-state index in [-0.39, 0.29) is 11.6 Å². The summed E-state index contributed by atoms with van der Waals surface area (Å²) in [7, 11) is 0. The first-order valence-corrected chi connectivity index (χ1v) is 6.53. The van der Waals surface area contributed by atoms with E-state index in [1.807, 2.05) is 0 Å². The molecule has 6 nitrogen and oxygen atoms in total. The fourth-order valence-electron chi connectivity index (χ4n) is 1.98. The summed E-state index contributed by atoms with van der Waals surface area (Å²) in [6.07, 6.45) is 2.57. The molecule has 0 bridgehead atoms. The number of hydrogen-bond donors (Lipinski definition) is 1. The molecule has 20 heavy (non-hydrogen) atoms. The summed E-state index contributed by atoms with van der Waals surface area (Å²) in [5.41, 5.74) is 1.79. The average Bonchev–Trinajstić information content (AvgIpc) is 2.87. The Morgan fingerprint density at radius 2 is 2.25 bits per heavy atom. The molecule has 1 heterocycles. The van der Waals surface area contributed by atoms with Crippen molar-refractivity contribution in [1.29, 1.82) is 0 Å². The Labute approximate surface area is 117 Å². The minimum atomic E-state index is -0.399. The molecule has 2 aromatic rings. The molecular formula is C14H17N3O3. The molecule has 0 aliphatic carbocycles. The van der Waals surface area contributed by atoms with Gasteiger partial charge in [0.2, 0.25) is 5.89 Å². The van der Waals surface area contributed by atoms with Gasteiger partial charge < -0.3 is 9.73 Å². The SMILES string of the molecule is CCCNCc1coc(-c2cccc(C)c2[N+](=O)[O-])n1. The van der Waals surface area contributed by atoms with Crippen molar-refractivity contribution in [2.45, 2.75) is 26.8 Å². The van der Waals surface area contributed by atoms with Crippen molar-refractivity contribution in [2.24, 2.45) is 0 Å². The van der Waals surface area contributed by atoms with Gasteiger partial charge in [-0.1, -0.05) is 19.1 Å². The molecular weight excluding hydrogens is 258 g/mol. The predicted molar refractivity (Wildman–Crippen MR) is 75.3 cm³/mol. The van der Waals surface area contributed by atoms with Gasteiger partial charge in [0, 0.05) is 12.1 Å². The van der Waals surface area contributed by atoms with Crippen LogP contribution in [0.15, 0.2) is 28.9 Å². The molecule has 0 saturated carbocycles. The van der Waals surface area contributed by atoms with Crippen molar-refractivity contribution in [3.8, 4) is 11.5 Å². The Morgan fingerprint density at radius 3 is 2.95 bits per heavy atom. The highest BCUT2D eigenvalue weighted by molar-refractivity contribution is 5.69. The summed E-state index contributed by atoms with van der Waals surface area (Å²) in [6, 6.07) is 5.12. The van der Waals surface area contributed by atoms with Crippen LogP contribution in [0.2, 0.25) is 0 Å². The van der Waals surface area contributed by atoms with E-state index in [0.717, 1.165) is 18.7 Å². The number of rotatable bonds is 6. The fourth-order valence-corrected chi connectivity index (χ4v) is 1.98. The predicted octanol–water partition coefficient (Wildman–Crippen LogP) is 3.06. The number of nitrogens with zero attached hydrogens (tertiary/aromatic N) is 2. The van der Waals surface area contributed by atoms with Gasteiger partial charge in [0.1, 0.15) is 11.8 Å². The lowest BCUT2D eigenvalue weighted by atomic mass is 10.1. The van der Waals surface area contributed by atoms with Gasteiger partial charge in [-0.15, -0.1) is 0 Å². The van der Waals surface area contributed by atoms with Crippen LogP contribution >= 0.6 is 0 Å². The average molecular weight is 275 g/mol. The number of benzene rings is 1. The maximum Gasteiger partial charge on any atom is 0.284 e. The number of nitrogens with one attached hydrogen (secondary N) is 1. The van der Waals surface area contributed by atoms with Crippen LogP contribution in [0.25, 0.3) is 11.5 Å². The third-order valence-corrected chi connectivity index (χ3v) is 2.94. The highest BCUT2D eigenvalue weighted by Gasteiger charge is 2.21. The second-order valence-electron chi connectivity index (χ2n) is 4.55. The van der Waals surface area contributed by atoms with E-state index < -0.39 is 4.92 Å². The number of oxazole rings is 1. The number of nitro benzene ring substituents is 1. The van der Waals surface area contributed by atoms with Crippen LogP contribution in [-0.4, -0.2) is 16.5 Å². The maximum atomic E-state index is 11.2. The smallest absolute Gasteiger partial charge is 0.284 e. The number of aromatic nitrogens is 1. The molecule has 1 aromatic carbocycles. The summed E-state index contributed by atoms with van der Waals surface area (Å²) in [6.45, 7) is 5.27. The fraction of sp³-hybridized carbons (Fsp3) is 0.357. The Kier molecular flexibility index (Phi) is 4.47. The molecule has 0 fully saturated rings. The maximum absolute atomic E-state index is 11.2. The van der Waals surface area contributed by atoms with Crippen molar-refractivity contribution in [3.05, 3.63) is 45.8 Å². The number of hydrogen-bond acceptors (Lipinski definition) is 5. The van der Waals surface area contributed by atoms with Crippen molar-refractivity contribution >= 4 is 5.69 Å². The van der Waals surface area contributed by atoms with E-state index in [4.69, 9.17) is 4.42 Å². The molecule has 0 aliphatic heterocycles. The van der Waals surface area contributed by atoms with Crippen LogP contribution in [0.4, 0.5) is 5.69 Å². The second kappa shape index (κ2) is 6.29. The van der Waals surface area contributed by atoms with E-state index in [1.165, 1.54) is 6.26 Å². The van der Waals surface area contributed by atoms with Crippen molar-refractivity contribution in [2.75, 3.05) is 6.54 Å². The first-order valence-electron chi connectivity index (χ1n) is 6.53. The molecule has 0 amide bonds. The molecule has 0 radical (unpaired) electrons. The lowest BCUT2D eigenvalue weighted by molar-refractivity contribution is -0.384. The highest BCUT2D eigenvalue weighted by atomic mass is 16.6. The third kappa shape index (κ3) is 3.03. The quantitative estimate of drug-likeness (QED) is 0.498. The molecule has 0 spiro atoms. The van der Waals surface area contributed by atoms with Crippen LogP contribution in [0.5, 0.6) is 0 Å². The van der Waals surface area contributed by atoms with Crippen LogP contribution in [-0.2, 0) is 6.54 Å². The van der Waals surface area contributed by atoms with Gasteiger partial charge in [-0.25, -0.2) is 4.98 Å². The number of nitro groups is 1. The third-order valence-electron chi connectivity index (χ3n) is 2.94. The minimum absolute atomic E-state index is 0.0439. The Bertz CT molecular complexity index is 607. The van der Waals surface area contributed by atoms with Crippen LogP contribution in [0.3, 0.4) is 0 Å². The van der Waals surface area contributed by atoms with E-state index >= 15 is 0 Å². The van der Waals surface area contributed by atoms with Gasteiger partial charge in [-0.3, -0.25) is 10.1 Å². The van der Waals surface area contributed by atoms with Crippen LogP contribution < -0.4 is 5.32 Å². The van der Waals surface area contributed by atoms with Crippen LogP contribution in [0.1, 0.15) is 24.6 Å². The van der Waals surface area contributed by atoms with E-state index in [0.29, 0.717) is 17.7 Å². The Morgan fingerprint density at radius 1 is 1.45 bits per heavy atom. The molecule has 1 aromatic heterocycles. The summed E-state index contributed by atoms with van der Waals surface area (Å²) < 4.78 is 5.37. The monoisotopic (exact) mass is 275 g/mol. The first kappa shape index (κ1) is 14.2. The molecule has 0 atom stereocenters. The molecule has 0 saturated heterocycles. The number of aryl methyl sites for hydroxylation is 1. The summed E-state index contributed by atoms with van der Waals surface area (Å²) in [5.74, 6) is 0.286. The Balaban J connectivity index is 2.28. The molecule has 106 valence electrons. The largest absolute Gasteiger partial charge is 0.444 e. The summed E-state index contributed by atoms with van der Waals surface area (Å²) in [4.78, 5) is 15.1. The molecule has 0 aliphatic rings. The summed E-state index contributed by atoms with van der Waals surface area (Å²) in [5, 5.41) is 14.4. The Hall–Kier alpha value is -2.21. The zero-order chi connectivity index (χ0) is 14.5. The van der Waals surface area contributed by atoms with Gasteiger partial charge in [0.05, 0.1) is 10.6 Å². The topological polar surface area (TPSA) is 81.2 Å². The van der Waals surface area contributed by atoms with Crippen molar-refractivity contribution < 1.29 is 9.34 Å². The van der Waals surface area contributed by atoms with Gasteiger partial charge in [0.25, 0.3) is 5.69 Å². The van der Waals surface area contributed by atoms with E-state index in [9.17, 15) is 10.1 Å². The lowest BCUT2D eigenvalue weighted by Crippen LogP contribution is -2.13. The molecule has 2 rings (SSSR count). The van der Waals surface area contributed by atoms with Crippen molar-refractivity contribution in [3.63, 3.8) is 0 Å². The van der Waals surface area contributed by atoms with Gasteiger partial charge in [-0.05, 0) is 26.0 Å². The van der Waals surface area contributed by atoms with Gasteiger partial charge in [-0.2, -0.15) is 0 Å². The van der Waals surface area contributed by atoms with Gasteiger partial charge in [0.15, 0.2) is 0 Å². The standard InChI is InChI=1S/C14H17N3O3/c1-3-7-15-8-11-9-20-14(16-11)12-6-4-5-10(2)13(12)17(18)19/h4-6,9,15H,3,7-8H2,1-2H3. The molecule has 6 heteroatoms. The van der Waals surface area contributed by atoms with Crippen molar-refractivity contribution in [1.82, 2.24) is 10.3 Å². The molecule has 1 N–H and O–H groups in total. The lowest BCUT2D eigenvalue weighted by Gasteiger charge is -2.01. The molecule has 0 unspecified atom stereocenters. The zero-order valence-electron chi connectivity index (χ0n) is 11.5. The van der Waals surface area contributed by atoms with E-state index in [1.54, 1.807) is 25.1 Å². The normalized spacial score (nSPS) is 10.7. The van der Waals surface area contributed by atoms with Gasteiger partial charge >= 0.3 is 0 Å². The number of para-hydroxylation sites is 1. The van der Waals surface area contributed by atoms with Crippen LogP contribution in [0, 0.1) is 17.0 Å². The summed E-state index contributed by atoms with van der Waals surface area (Å²) >= 11 is 0. The second-order valence-corrected chi connectivity index (χ2v) is 4.55. The highest BCUT2D eigenvalue weighted by Crippen LogP contribution is 2.31. The van der Waals surface area contributed by atoms with E-state index in [2.05, 4.69) is 17.2 Å². The zero-order valence-corrected chi connectivity index (χ0v) is 11.5. The first-order chi connectivity index (χ1) is 9.63. The minimum Gasteiger partial charge on any atom is -0.444 e.